The van der Waals surface area contributed by atoms with Crippen molar-refractivity contribution >= 4 is 14.0 Å². The molecule has 4 aliphatic carbocycles. The number of allylic oxidation sites excluding steroid dienone is 4. The molecule has 4 aliphatic rings. The molecule has 0 amide bonds. The van der Waals surface area contributed by atoms with Crippen molar-refractivity contribution in [1.29, 1.82) is 0 Å². The number of halogens is 2. The van der Waals surface area contributed by atoms with Crippen LogP contribution in [0.25, 0.3) is 21.9 Å². The van der Waals surface area contributed by atoms with Crippen molar-refractivity contribution in [2.75, 3.05) is 0 Å². The summed E-state index contributed by atoms with van der Waals surface area (Å²) < 4.78 is 1.80. The molecule has 0 radical (unpaired) electrons. The fourth-order valence-corrected chi connectivity index (χ4v) is 8.62. The van der Waals surface area contributed by atoms with E-state index in [4.69, 9.17) is 0 Å². The van der Waals surface area contributed by atoms with E-state index in [9.17, 15) is 0 Å². The van der Waals surface area contributed by atoms with Crippen LogP contribution in [0.15, 0.2) is 48.6 Å². The first-order chi connectivity index (χ1) is 19.6. The SMILES string of the molecule is Cc1cc2c(c(C)c1C)C(C)c1c3c(c4ccccc4c1-2)C(C)C(C)C(C)[C-]3C.[C-]1=CC=CC1.[Cl-].[Cl-].[Zr+2]=[C]1CCCCC1. The van der Waals surface area contributed by atoms with E-state index in [1.54, 1.807) is 55.6 Å². The van der Waals surface area contributed by atoms with Gasteiger partial charge in [0.25, 0.3) is 0 Å². The fourth-order valence-electron chi connectivity index (χ4n) is 7.75. The van der Waals surface area contributed by atoms with Gasteiger partial charge >= 0.3 is 59.5 Å². The molecule has 0 aliphatic heterocycles. The van der Waals surface area contributed by atoms with Crippen LogP contribution in [0.1, 0.15) is 124 Å². The summed E-state index contributed by atoms with van der Waals surface area (Å²) in [6, 6.07) is 11.7. The Hall–Kier alpha value is -1.40. The van der Waals surface area contributed by atoms with Gasteiger partial charge in [-0.15, -0.1) is 17.5 Å². The Morgan fingerprint density at radius 2 is 1.49 bits per heavy atom. The normalized spacial score (nSPS) is 22.7. The molecule has 0 saturated heterocycles. The van der Waals surface area contributed by atoms with Gasteiger partial charge in [-0.2, -0.15) is 17.6 Å². The molecule has 4 atom stereocenters. The summed E-state index contributed by atoms with van der Waals surface area (Å²) in [4.78, 5) is 0. The van der Waals surface area contributed by atoms with E-state index in [2.05, 4.69) is 97.9 Å². The van der Waals surface area contributed by atoms with Crippen molar-refractivity contribution in [3.63, 3.8) is 0 Å². The van der Waals surface area contributed by atoms with Gasteiger partial charge in [-0.1, -0.05) is 93.7 Å². The number of benzene rings is 3. The maximum absolute atomic E-state index is 2.99. The first kappa shape index (κ1) is 36.1. The third kappa shape index (κ3) is 6.76. The second-order valence-corrected chi connectivity index (χ2v) is 14.8. The number of hydrogen-bond donors (Lipinski definition) is 0. The summed E-state index contributed by atoms with van der Waals surface area (Å²) in [6.45, 7) is 19.1. The van der Waals surface area contributed by atoms with Crippen LogP contribution in [-0.2, 0) is 24.2 Å². The Balaban J connectivity index is 0.000000302. The molecule has 4 unspecified atom stereocenters. The van der Waals surface area contributed by atoms with Gasteiger partial charge in [0.2, 0.25) is 0 Å². The Morgan fingerprint density at radius 1 is 0.837 bits per heavy atom. The average Bonchev–Trinajstić information content (AvgIpc) is 3.65. The first-order valence-electron chi connectivity index (χ1n) is 16.0. The predicted molar refractivity (Wildman–Crippen MR) is 176 cm³/mol. The monoisotopic (exact) mass is 688 g/mol. The predicted octanol–water partition coefficient (Wildman–Crippen LogP) is 5.21. The Bertz CT molecular complexity index is 1510. The molecule has 3 aromatic carbocycles. The Morgan fingerprint density at radius 3 is 2.02 bits per heavy atom. The van der Waals surface area contributed by atoms with Crippen LogP contribution in [0, 0.1) is 44.6 Å². The summed E-state index contributed by atoms with van der Waals surface area (Å²) >= 11 is 1.69. The molecule has 0 spiro atoms. The van der Waals surface area contributed by atoms with E-state index < -0.39 is 0 Å². The van der Waals surface area contributed by atoms with Gasteiger partial charge in [0, 0.05) is 0 Å². The molecule has 0 aromatic heterocycles. The molecule has 1 saturated carbocycles. The zero-order valence-electron chi connectivity index (χ0n) is 27.4. The quantitative estimate of drug-likeness (QED) is 0.285. The van der Waals surface area contributed by atoms with Crippen LogP contribution >= 0.6 is 0 Å². The minimum atomic E-state index is 0. The molecule has 43 heavy (non-hydrogen) atoms. The van der Waals surface area contributed by atoms with Gasteiger partial charge in [0.15, 0.2) is 0 Å². The summed E-state index contributed by atoms with van der Waals surface area (Å²) in [5.74, 6) is 3.94. The molecule has 3 aromatic rings. The molecular formula is C40H48Cl2Zr-2. The van der Waals surface area contributed by atoms with Crippen LogP contribution in [0.4, 0.5) is 0 Å². The van der Waals surface area contributed by atoms with Crippen molar-refractivity contribution in [1.82, 2.24) is 0 Å². The van der Waals surface area contributed by atoms with Gasteiger partial charge in [-0.05, 0) is 59.9 Å². The van der Waals surface area contributed by atoms with Crippen LogP contribution in [-0.4, -0.2) is 3.21 Å². The van der Waals surface area contributed by atoms with Crippen LogP contribution in [0.2, 0.25) is 0 Å². The van der Waals surface area contributed by atoms with Gasteiger partial charge in [-0.25, -0.2) is 12.2 Å². The van der Waals surface area contributed by atoms with Gasteiger partial charge in [0.1, 0.15) is 0 Å². The van der Waals surface area contributed by atoms with E-state index in [1.807, 2.05) is 12.2 Å². The number of fused-ring (bicyclic) bond motifs is 8. The fraction of sp³-hybridized carbons (Fsp3) is 0.450. The van der Waals surface area contributed by atoms with Gasteiger partial charge in [-0.3, -0.25) is 6.08 Å². The topological polar surface area (TPSA) is 0 Å². The summed E-state index contributed by atoms with van der Waals surface area (Å²) in [5, 5.41) is 2.93. The third-order valence-electron chi connectivity index (χ3n) is 10.8. The van der Waals surface area contributed by atoms with Crippen LogP contribution < -0.4 is 24.8 Å². The van der Waals surface area contributed by atoms with Gasteiger partial charge in [0.05, 0.1) is 0 Å². The summed E-state index contributed by atoms with van der Waals surface area (Å²) in [6.07, 6.45) is 17.3. The molecule has 0 bridgehead atoms. The number of aryl methyl sites for hydroxylation is 1. The van der Waals surface area contributed by atoms with E-state index in [-0.39, 0.29) is 24.8 Å². The zero-order valence-corrected chi connectivity index (χ0v) is 31.4. The van der Waals surface area contributed by atoms with E-state index in [1.165, 1.54) is 70.7 Å². The molecular weight excluding hydrogens is 643 g/mol. The van der Waals surface area contributed by atoms with Crippen LogP contribution in [0.5, 0.6) is 0 Å². The molecule has 0 heterocycles. The molecule has 0 nitrogen and oxygen atoms in total. The third-order valence-corrected chi connectivity index (χ3v) is 12.0. The Kier molecular flexibility index (Phi) is 12.8. The zero-order chi connectivity index (χ0) is 29.4. The molecule has 228 valence electrons. The molecule has 7 rings (SSSR count). The first-order valence-corrected chi connectivity index (χ1v) is 17.2. The molecule has 1 fully saturated rings. The van der Waals surface area contributed by atoms with Crippen molar-refractivity contribution in [3.05, 3.63) is 99.5 Å². The molecule has 0 N–H and O–H groups in total. The van der Waals surface area contributed by atoms with Crippen molar-refractivity contribution in [3.8, 4) is 11.1 Å². The van der Waals surface area contributed by atoms with Crippen molar-refractivity contribution < 1.29 is 49.0 Å². The van der Waals surface area contributed by atoms with E-state index >= 15 is 0 Å². The Labute approximate surface area is 289 Å². The van der Waals surface area contributed by atoms with E-state index in [0.29, 0.717) is 23.7 Å². The maximum atomic E-state index is 2.99. The van der Waals surface area contributed by atoms with Gasteiger partial charge < -0.3 is 24.8 Å². The second kappa shape index (κ2) is 15.3. The number of rotatable bonds is 0. The van der Waals surface area contributed by atoms with Crippen molar-refractivity contribution in [2.45, 2.75) is 106 Å². The molecule has 3 heteroatoms. The summed E-state index contributed by atoms with van der Waals surface area (Å²) in [5.41, 5.74) is 13.7. The minimum absolute atomic E-state index is 0. The standard InChI is InChI=1S/C29H33.C6H10.C5H5.2ClH.Zr/c1-14-13-24-25(18(5)15(14)2)21(8)28-27-20(7)17(4)16(3)19(6)26(27)22-11-9-10-12-23(22)29(24)28;1-2-4-6-5-3-1;1-2-4-5-3-1;;;/h9-13,16-17,19,21H,1-8H3;1-5H2;1-3H,4H2;2*1H;/q-1;;-1;;;+2/p-2. The average molecular weight is 691 g/mol. The van der Waals surface area contributed by atoms with Crippen molar-refractivity contribution in [2.24, 2.45) is 11.8 Å². The second-order valence-electron chi connectivity index (χ2n) is 13.0. The van der Waals surface area contributed by atoms with Crippen LogP contribution in [0.3, 0.4) is 0 Å². The van der Waals surface area contributed by atoms with E-state index in [0.717, 1.165) is 6.42 Å². The summed E-state index contributed by atoms with van der Waals surface area (Å²) in [7, 11) is 0. The number of hydrogen-bond acceptors (Lipinski definition) is 0.